The molecule has 3 N–H and O–H groups in total. The average Bonchev–Trinajstić information content (AvgIpc) is 3.17. The van der Waals surface area contributed by atoms with Gasteiger partial charge in [0.25, 0.3) is 0 Å². The number of nitrogens with one attached hydrogen (secondary N) is 1. The molecule has 1 aromatic rings. The van der Waals surface area contributed by atoms with E-state index < -0.39 is 0 Å². The molecule has 6 nitrogen and oxygen atoms in total. The summed E-state index contributed by atoms with van der Waals surface area (Å²) in [5, 5.41) is 3.33. The summed E-state index contributed by atoms with van der Waals surface area (Å²) in [7, 11) is 3.71. The second-order valence-electron chi connectivity index (χ2n) is 6.03. The van der Waals surface area contributed by atoms with Crippen LogP contribution in [0.4, 0.5) is 11.8 Å². The number of rotatable bonds is 4. The zero-order chi connectivity index (χ0) is 14.8. The fourth-order valence-corrected chi connectivity index (χ4v) is 3.55. The molecule has 1 saturated carbocycles. The van der Waals surface area contributed by atoms with Gasteiger partial charge in [0.15, 0.2) is 11.6 Å². The van der Waals surface area contributed by atoms with E-state index in [0.717, 1.165) is 36.8 Å². The van der Waals surface area contributed by atoms with Gasteiger partial charge in [-0.05, 0) is 26.3 Å². The molecule has 1 aromatic heterocycles. The smallest absolute Gasteiger partial charge is 0.222 e. The normalized spacial score (nSPS) is 23.0. The Balaban J connectivity index is 1.95. The van der Waals surface area contributed by atoms with Crippen LogP contribution in [0.1, 0.15) is 43.7 Å². The van der Waals surface area contributed by atoms with Crippen LogP contribution in [0.25, 0.3) is 0 Å². The molecule has 6 heteroatoms. The fourth-order valence-electron chi connectivity index (χ4n) is 3.55. The van der Waals surface area contributed by atoms with Crippen molar-refractivity contribution in [3.05, 3.63) is 5.69 Å². The summed E-state index contributed by atoms with van der Waals surface area (Å²) in [5.41, 5.74) is 6.97. The van der Waals surface area contributed by atoms with Gasteiger partial charge in [-0.25, -0.2) is 4.98 Å². The number of nitrogen functional groups attached to an aromatic ring is 1. The molecule has 0 unspecified atom stereocenters. The molecule has 0 radical (unpaired) electrons. The molecule has 1 saturated heterocycles. The van der Waals surface area contributed by atoms with Crippen LogP contribution in [-0.2, 0) is 0 Å². The molecule has 1 aliphatic heterocycles. The number of hydrogen-bond donors (Lipinski definition) is 2. The first-order valence-electron chi connectivity index (χ1n) is 7.86. The zero-order valence-electron chi connectivity index (χ0n) is 12.9. The summed E-state index contributed by atoms with van der Waals surface area (Å²) < 4.78 is 5.68. The minimum Gasteiger partial charge on any atom is -0.491 e. The molecule has 0 bridgehead atoms. The Kier molecular flexibility index (Phi) is 4.14. The predicted octanol–water partition coefficient (Wildman–Crippen LogP) is 1.52. The SMILES string of the molecule is CN[C@H]1CCN(c2nc(N)nc(C3CCCC3)c2OC)C1. The lowest BCUT2D eigenvalue weighted by atomic mass is 10.0. The number of ether oxygens (including phenoxy) is 1. The van der Waals surface area contributed by atoms with Gasteiger partial charge in [0, 0.05) is 25.0 Å². The summed E-state index contributed by atoms with van der Waals surface area (Å²) in [6.07, 6.45) is 5.98. The van der Waals surface area contributed by atoms with Gasteiger partial charge in [0.2, 0.25) is 5.95 Å². The van der Waals surface area contributed by atoms with Gasteiger partial charge in [0.1, 0.15) is 0 Å². The predicted molar refractivity (Wildman–Crippen MR) is 83.9 cm³/mol. The van der Waals surface area contributed by atoms with Crippen LogP contribution >= 0.6 is 0 Å². The third-order valence-electron chi connectivity index (χ3n) is 4.73. The summed E-state index contributed by atoms with van der Waals surface area (Å²) in [5.74, 6) is 2.52. The van der Waals surface area contributed by atoms with Crippen molar-refractivity contribution in [1.82, 2.24) is 15.3 Å². The van der Waals surface area contributed by atoms with Crippen LogP contribution in [0.3, 0.4) is 0 Å². The minimum absolute atomic E-state index is 0.362. The Bertz CT molecular complexity index is 501. The number of anilines is 2. The Morgan fingerprint density at radius 3 is 2.62 bits per heavy atom. The summed E-state index contributed by atoms with van der Waals surface area (Å²) in [4.78, 5) is 11.2. The molecule has 2 heterocycles. The number of nitrogens with zero attached hydrogens (tertiary/aromatic N) is 3. The van der Waals surface area contributed by atoms with Crippen molar-refractivity contribution in [1.29, 1.82) is 0 Å². The van der Waals surface area contributed by atoms with Crippen LogP contribution in [0.15, 0.2) is 0 Å². The molecule has 0 aromatic carbocycles. The van der Waals surface area contributed by atoms with Gasteiger partial charge >= 0.3 is 0 Å². The Morgan fingerprint density at radius 2 is 2.00 bits per heavy atom. The topological polar surface area (TPSA) is 76.3 Å². The van der Waals surface area contributed by atoms with Gasteiger partial charge in [-0.15, -0.1) is 0 Å². The summed E-state index contributed by atoms with van der Waals surface area (Å²) in [6.45, 7) is 1.91. The lowest BCUT2D eigenvalue weighted by Gasteiger charge is -2.23. The van der Waals surface area contributed by atoms with Gasteiger partial charge < -0.3 is 20.7 Å². The van der Waals surface area contributed by atoms with E-state index >= 15 is 0 Å². The van der Waals surface area contributed by atoms with Crippen molar-refractivity contribution in [2.75, 3.05) is 37.9 Å². The van der Waals surface area contributed by atoms with Crippen LogP contribution in [-0.4, -0.2) is 43.3 Å². The molecule has 1 aliphatic carbocycles. The first kappa shape index (κ1) is 14.4. The van der Waals surface area contributed by atoms with Crippen LogP contribution in [0.2, 0.25) is 0 Å². The maximum Gasteiger partial charge on any atom is 0.222 e. The van der Waals surface area contributed by atoms with Crippen molar-refractivity contribution in [3.8, 4) is 5.75 Å². The second-order valence-corrected chi connectivity index (χ2v) is 6.03. The number of hydrogen-bond acceptors (Lipinski definition) is 6. The van der Waals surface area contributed by atoms with E-state index in [-0.39, 0.29) is 0 Å². The van der Waals surface area contributed by atoms with Gasteiger partial charge in [-0.1, -0.05) is 12.8 Å². The van der Waals surface area contributed by atoms with E-state index in [4.69, 9.17) is 10.5 Å². The van der Waals surface area contributed by atoms with Crippen LogP contribution < -0.4 is 20.7 Å². The van der Waals surface area contributed by atoms with Gasteiger partial charge in [-0.2, -0.15) is 4.98 Å². The molecule has 2 aliphatic rings. The molecule has 1 atom stereocenters. The largest absolute Gasteiger partial charge is 0.491 e. The molecule has 0 spiro atoms. The average molecular weight is 291 g/mol. The highest BCUT2D eigenvalue weighted by Gasteiger charge is 2.30. The van der Waals surface area contributed by atoms with Crippen LogP contribution in [0.5, 0.6) is 5.75 Å². The third-order valence-corrected chi connectivity index (χ3v) is 4.73. The standard InChI is InChI=1S/C15H25N5O/c1-17-11-7-8-20(9-11)14-13(21-2)12(18-15(16)19-14)10-5-3-4-6-10/h10-11,17H,3-9H2,1-2H3,(H2,16,18,19)/t11-/m0/s1. The zero-order valence-corrected chi connectivity index (χ0v) is 12.9. The van der Waals surface area contributed by atoms with E-state index in [1.807, 2.05) is 7.05 Å². The molecular formula is C15H25N5O. The van der Waals surface area contributed by atoms with E-state index in [1.165, 1.54) is 25.7 Å². The first-order valence-corrected chi connectivity index (χ1v) is 7.86. The number of methoxy groups -OCH3 is 1. The van der Waals surface area contributed by atoms with E-state index in [1.54, 1.807) is 7.11 Å². The quantitative estimate of drug-likeness (QED) is 0.876. The molecule has 116 valence electrons. The lowest BCUT2D eigenvalue weighted by Crippen LogP contribution is -2.30. The maximum absolute atomic E-state index is 5.97. The van der Waals surface area contributed by atoms with Crippen molar-refractivity contribution in [2.45, 2.75) is 44.1 Å². The lowest BCUT2D eigenvalue weighted by molar-refractivity contribution is 0.399. The molecule has 21 heavy (non-hydrogen) atoms. The minimum atomic E-state index is 0.362. The maximum atomic E-state index is 5.97. The molecule has 3 rings (SSSR count). The molecule has 2 fully saturated rings. The summed E-state index contributed by atoms with van der Waals surface area (Å²) >= 11 is 0. The highest BCUT2D eigenvalue weighted by Crippen LogP contribution is 2.42. The number of nitrogens with two attached hydrogens (primary N) is 1. The van der Waals surface area contributed by atoms with Crippen molar-refractivity contribution in [2.24, 2.45) is 0 Å². The van der Waals surface area contributed by atoms with E-state index in [2.05, 4.69) is 20.2 Å². The van der Waals surface area contributed by atoms with Crippen molar-refractivity contribution >= 4 is 11.8 Å². The van der Waals surface area contributed by atoms with Crippen molar-refractivity contribution < 1.29 is 4.74 Å². The Hall–Kier alpha value is -1.56. The molecule has 0 amide bonds. The number of likely N-dealkylation sites (N-methyl/N-ethyl adjacent to an activating group) is 1. The monoisotopic (exact) mass is 291 g/mol. The first-order chi connectivity index (χ1) is 10.2. The third kappa shape index (κ3) is 2.77. The fraction of sp³-hybridized carbons (Fsp3) is 0.733. The highest BCUT2D eigenvalue weighted by atomic mass is 16.5. The highest BCUT2D eigenvalue weighted by molar-refractivity contribution is 5.59. The van der Waals surface area contributed by atoms with Gasteiger partial charge in [0.05, 0.1) is 12.8 Å². The van der Waals surface area contributed by atoms with Crippen molar-refractivity contribution in [3.63, 3.8) is 0 Å². The van der Waals surface area contributed by atoms with E-state index in [0.29, 0.717) is 17.9 Å². The number of aromatic nitrogens is 2. The Morgan fingerprint density at radius 1 is 1.24 bits per heavy atom. The van der Waals surface area contributed by atoms with Gasteiger partial charge in [-0.3, -0.25) is 0 Å². The summed E-state index contributed by atoms with van der Waals surface area (Å²) in [6, 6.07) is 0.501. The molecular weight excluding hydrogens is 266 g/mol. The second kappa shape index (κ2) is 6.05. The van der Waals surface area contributed by atoms with E-state index in [9.17, 15) is 0 Å². The van der Waals surface area contributed by atoms with Crippen LogP contribution in [0, 0.1) is 0 Å². The Labute approximate surface area is 126 Å².